The van der Waals surface area contributed by atoms with E-state index < -0.39 is 7.75 Å². The van der Waals surface area contributed by atoms with Crippen molar-refractivity contribution in [1.82, 2.24) is 0 Å². The summed E-state index contributed by atoms with van der Waals surface area (Å²) in [5, 5.41) is 0. The van der Waals surface area contributed by atoms with Gasteiger partial charge in [-0.2, -0.15) is 13.5 Å². The molecule has 0 saturated carbocycles. The lowest BCUT2D eigenvalue weighted by atomic mass is 13.9. The summed E-state index contributed by atoms with van der Waals surface area (Å²) in [4.78, 5) is 14.8. The monoisotopic (exact) mass is 131 g/mol. The van der Waals surface area contributed by atoms with Crippen LogP contribution in [0.2, 0.25) is 0 Å². The van der Waals surface area contributed by atoms with Crippen LogP contribution in [0.15, 0.2) is 0 Å². The number of hydrogen-bond acceptors (Lipinski definition) is 1. The Balaban J connectivity index is 0. The van der Waals surface area contributed by atoms with Crippen molar-refractivity contribution in [3.63, 3.8) is 0 Å². The van der Waals surface area contributed by atoms with Crippen LogP contribution in [-0.4, -0.2) is 9.79 Å². The van der Waals surface area contributed by atoms with Crippen LogP contribution in [0.25, 0.3) is 0 Å². The molecule has 4 N–H and O–H groups in total. The van der Waals surface area contributed by atoms with E-state index in [1.54, 1.807) is 0 Å². The van der Waals surface area contributed by atoms with Gasteiger partial charge in [-0.1, -0.05) is 0 Å². The number of nitrogens with two attached hydrogens (primary N) is 1. The maximum Gasteiger partial charge on any atom is 0.397 e. The smallest absolute Gasteiger partial charge is 0.313 e. The zero-order valence-electron chi connectivity index (χ0n) is 2.83. The van der Waals surface area contributed by atoms with Crippen molar-refractivity contribution in [1.29, 1.82) is 0 Å². The molecule has 0 radical (unpaired) electrons. The first kappa shape index (κ1) is 9.68. The highest BCUT2D eigenvalue weighted by Crippen LogP contribution is 2.20. The Labute approximate surface area is 42.0 Å². The van der Waals surface area contributed by atoms with E-state index in [1.165, 1.54) is 0 Å². The molecule has 0 aliphatic carbocycles. The summed E-state index contributed by atoms with van der Waals surface area (Å²) in [7, 11) is -4.14. The fraction of sp³-hybridized carbons (Fsp3) is 0. The molecule has 0 heterocycles. The molecule has 0 saturated heterocycles. The van der Waals surface area contributed by atoms with Gasteiger partial charge >= 0.3 is 7.75 Å². The SMILES string of the molecule is NP(=O)(O)O.S. The van der Waals surface area contributed by atoms with Crippen LogP contribution < -0.4 is 5.50 Å². The van der Waals surface area contributed by atoms with E-state index in [9.17, 15) is 0 Å². The second-order valence-electron chi connectivity index (χ2n) is 0.589. The van der Waals surface area contributed by atoms with Gasteiger partial charge in [0.05, 0.1) is 0 Å². The van der Waals surface area contributed by atoms with Gasteiger partial charge in [0.1, 0.15) is 0 Å². The molecular weight excluding hydrogens is 125 g/mol. The van der Waals surface area contributed by atoms with E-state index in [1.807, 2.05) is 0 Å². The van der Waals surface area contributed by atoms with Crippen molar-refractivity contribution in [3.8, 4) is 0 Å². The fourth-order valence-corrected chi connectivity index (χ4v) is 0. The highest BCUT2D eigenvalue weighted by Gasteiger charge is 1.96. The third kappa shape index (κ3) is 252. The molecule has 0 aromatic rings. The van der Waals surface area contributed by atoms with E-state index >= 15 is 0 Å². The molecular formula is H6NO3PS. The Morgan fingerprint density at radius 1 is 1.50 bits per heavy atom. The largest absolute Gasteiger partial charge is 0.397 e. The Kier molecular flexibility index (Phi) is 4.20. The molecule has 0 aromatic heterocycles. The lowest BCUT2D eigenvalue weighted by Crippen LogP contribution is -1.87. The topological polar surface area (TPSA) is 83.6 Å². The summed E-state index contributed by atoms with van der Waals surface area (Å²) in [5.41, 5.74) is 4.02. The molecule has 0 rings (SSSR count). The Morgan fingerprint density at radius 3 is 1.50 bits per heavy atom. The van der Waals surface area contributed by atoms with Crippen molar-refractivity contribution in [3.05, 3.63) is 0 Å². The molecule has 0 unspecified atom stereocenters. The first-order chi connectivity index (χ1) is 2.00. The summed E-state index contributed by atoms with van der Waals surface area (Å²) in [5.74, 6) is 0. The Hall–Kier alpha value is 0.460. The maximum absolute atomic E-state index is 9.10. The minimum Gasteiger partial charge on any atom is -0.313 e. The zero-order chi connectivity index (χ0) is 4.50. The van der Waals surface area contributed by atoms with Crippen LogP contribution in [0.4, 0.5) is 0 Å². The molecule has 6 heteroatoms. The molecule has 40 valence electrons. The zero-order valence-corrected chi connectivity index (χ0v) is 4.72. The second kappa shape index (κ2) is 2.60. The average Bonchev–Trinajstić information content (AvgIpc) is 0.722. The van der Waals surface area contributed by atoms with Crippen LogP contribution in [0.1, 0.15) is 0 Å². The van der Waals surface area contributed by atoms with Gasteiger partial charge in [-0.25, -0.2) is 10.1 Å². The molecule has 6 heavy (non-hydrogen) atoms. The molecule has 0 spiro atoms. The standard InChI is InChI=1S/H4NO3P.H2S/c1-5(2,3)4;/h(H4,1,2,3,4);1H2. The minimum atomic E-state index is -4.14. The molecule has 0 aliphatic heterocycles. The normalized spacial score (nSPS) is 9.83. The molecule has 0 aliphatic rings. The van der Waals surface area contributed by atoms with Crippen molar-refractivity contribution < 1.29 is 14.4 Å². The molecule has 0 amide bonds. The van der Waals surface area contributed by atoms with Crippen molar-refractivity contribution in [2.75, 3.05) is 0 Å². The van der Waals surface area contributed by atoms with Gasteiger partial charge in [0.25, 0.3) is 0 Å². The third-order valence-electron chi connectivity index (χ3n) is 0. The van der Waals surface area contributed by atoms with E-state index in [0.29, 0.717) is 0 Å². The van der Waals surface area contributed by atoms with Gasteiger partial charge in [-0.3, -0.25) is 0 Å². The van der Waals surface area contributed by atoms with Crippen molar-refractivity contribution >= 4 is 21.2 Å². The van der Waals surface area contributed by atoms with Crippen LogP contribution in [0, 0.1) is 0 Å². The third-order valence-corrected chi connectivity index (χ3v) is 0. The van der Waals surface area contributed by atoms with E-state index in [-0.39, 0.29) is 13.5 Å². The predicted octanol–water partition coefficient (Wildman–Crippen LogP) is -0.849. The summed E-state index contributed by atoms with van der Waals surface area (Å²) in [6.07, 6.45) is 0. The van der Waals surface area contributed by atoms with Crippen LogP contribution in [-0.2, 0) is 4.57 Å². The second-order valence-corrected chi connectivity index (χ2v) is 1.77. The van der Waals surface area contributed by atoms with Gasteiger partial charge < -0.3 is 9.79 Å². The Bertz CT molecular complexity index is 56.9. The summed E-state index contributed by atoms with van der Waals surface area (Å²) < 4.78 is 9.10. The molecule has 4 nitrogen and oxygen atoms in total. The van der Waals surface area contributed by atoms with Crippen LogP contribution >= 0.6 is 21.2 Å². The van der Waals surface area contributed by atoms with Gasteiger partial charge in [0, 0.05) is 0 Å². The minimum absolute atomic E-state index is 0. The van der Waals surface area contributed by atoms with Crippen LogP contribution in [0.3, 0.4) is 0 Å². The lowest BCUT2D eigenvalue weighted by molar-refractivity contribution is 0.374. The lowest BCUT2D eigenvalue weighted by Gasteiger charge is -1.84. The number of rotatable bonds is 0. The van der Waals surface area contributed by atoms with Gasteiger partial charge in [-0.05, 0) is 0 Å². The predicted molar refractivity (Wildman–Crippen MR) is 26.6 cm³/mol. The molecule has 0 aromatic carbocycles. The van der Waals surface area contributed by atoms with Crippen LogP contribution in [0.5, 0.6) is 0 Å². The van der Waals surface area contributed by atoms with Gasteiger partial charge in [0.15, 0.2) is 0 Å². The Morgan fingerprint density at radius 2 is 1.50 bits per heavy atom. The maximum atomic E-state index is 9.10. The van der Waals surface area contributed by atoms with Crippen molar-refractivity contribution in [2.45, 2.75) is 0 Å². The van der Waals surface area contributed by atoms with E-state index in [0.717, 1.165) is 0 Å². The first-order valence-electron chi connectivity index (χ1n) is 0.841. The molecule has 0 atom stereocenters. The highest BCUT2D eigenvalue weighted by molar-refractivity contribution is 7.59. The molecule has 0 bridgehead atoms. The summed E-state index contributed by atoms with van der Waals surface area (Å²) >= 11 is 0. The first-order valence-corrected chi connectivity index (χ1v) is 2.52. The highest BCUT2D eigenvalue weighted by atomic mass is 32.1. The molecule has 0 fully saturated rings. The summed E-state index contributed by atoms with van der Waals surface area (Å²) in [6.45, 7) is 0. The van der Waals surface area contributed by atoms with Crippen molar-refractivity contribution in [2.24, 2.45) is 5.50 Å². The number of hydrogen-bond donors (Lipinski definition) is 3. The van der Waals surface area contributed by atoms with Gasteiger partial charge in [0.2, 0.25) is 0 Å². The van der Waals surface area contributed by atoms with E-state index in [2.05, 4.69) is 5.50 Å². The van der Waals surface area contributed by atoms with E-state index in [4.69, 9.17) is 14.4 Å². The average molecular weight is 131 g/mol. The summed E-state index contributed by atoms with van der Waals surface area (Å²) in [6, 6.07) is 0. The quantitative estimate of drug-likeness (QED) is 0.374. The fourth-order valence-electron chi connectivity index (χ4n) is 0. The van der Waals surface area contributed by atoms with Gasteiger partial charge in [-0.15, -0.1) is 0 Å².